The van der Waals surface area contributed by atoms with Crippen LogP contribution >= 0.6 is 0 Å². The molecule has 3 heteroatoms. The van der Waals surface area contributed by atoms with Crippen LogP contribution in [0.1, 0.15) is 32.1 Å². The topological polar surface area (TPSA) is 35.5 Å². The molecule has 4 unspecified atom stereocenters. The van der Waals surface area contributed by atoms with Gasteiger partial charge in [0.05, 0.1) is 0 Å². The molecule has 0 radical (unpaired) electrons. The maximum absolute atomic E-state index is 8.99. The molecule has 2 rings (SSSR count). The minimum absolute atomic E-state index is 0.285. The summed E-state index contributed by atoms with van der Waals surface area (Å²) in [6.45, 7) is 2.60. The van der Waals surface area contributed by atoms with E-state index in [0.717, 1.165) is 30.7 Å². The number of nitrogens with zero attached hydrogens (tertiary/aromatic N) is 1. The minimum atomic E-state index is 0.285. The van der Waals surface area contributed by atoms with Crippen LogP contribution in [-0.4, -0.2) is 49.8 Å². The van der Waals surface area contributed by atoms with Crippen molar-refractivity contribution in [3.8, 4) is 0 Å². The van der Waals surface area contributed by atoms with E-state index in [1.807, 2.05) is 7.05 Å². The number of rotatable bonds is 7. The van der Waals surface area contributed by atoms with E-state index >= 15 is 0 Å². The molecule has 2 aliphatic rings. The fourth-order valence-corrected chi connectivity index (χ4v) is 3.93. The Labute approximate surface area is 106 Å². The number of nitrogens with one attached hydrogen (secondary N) is 1. The second-order valence-corrected chi connectivity index (χ2v) is 6.15. The summed E-state index contributed by atoms with van der Waals surface area (Å²) >= 11 is 0. The van der Waals surface area contributed by atoms with Crippen molar-refractivity contribution in [1.82, 2.24) is 10.2 Å². The van der Waals surface area contributed by atoms with Gasteiger partial charge in [0.15, 0.2) is 0 Å². The Balaban J connectivity index is 1.71. The highest BCUT2D eigenvalue weighted by Crippen LogP contribution is 2.48. The predicted octanol–water partition coefficient (Wildman–Crippen LogP) is 1.32. The lowest BCUT2D eigenvalue weighted by Gasteiger charge is -2.29. The van der Waals surface area contributed by atoms with Crippen molar-refractivity contribution >= 4 is 0 Å². The average molecular weight is 240 g/mol. The summed E-state index contributed by atoms with van der Waals surface area (Å²) in [4.78, 5) is 2.46. The van der Waals surface area contributed by atoms with Crippen molar-refractivity contribution in [2.75, 3.05) is 33.8 Å². The maximum Gasteiger partial charge on any atom is 0.0446 e. The third kappa shape index (κ3) is 3.43. The van der Waals surface area contributed by atoms with Gasteiger partial charge in [-0.1, -0.05) is 6.42 Å². The van der Waals surface area contributed by atoms with Crippen molar-refractivity contribution in [2.45, 2.75) is 38.1 Å². The summed E-state index contributed by atoms with van der Waals surface area (Å²) in [5, 5.41) is 12.3. The van der Waals surface area contributed by atoms with Gasteiger partial charge in [-0.15, -0.1) is 0 Å². The molecule has 2 bridgehead atoms. The molecular weight excluding hydrogens is 212 g/mol. The average Bonchev–Trinajstić information content (AvgIpc) is 2.90. The lowest BCUT2D eigenvalue weighted by molar-refractivity contribution is 0.191. The van der Waals surface area contributed by atoms with Crippen LogP contribution in [0.15, 0.2) is 0 Å². The first-order valence-electron chi connectivity index (χ1n) is 7.19. The number of fused-ring (bicyclic) bond motifs is 2. The Morgan fingerprint density at radius 2 is 2.18 bits per heavy atom. The van der Waals surface area contributed by atoms with Crippen LogP contribution in [0.4, 0.5) is 0 Å². The molecule has 0 amide bonds. The Bertz CT molecular complexity index is 234. The van der Waals surface area contributed by atoms with Crippen molar-refractivity contribution in [1.29, 1.82) is 0 Å². The molecule has 0 heterocycles. The molecule has 0 spiro atoms. The highest BCUT2D eigenvalue weighted by molar-refractivity contribution is 4.91. The summed E-state index contributed by atoms with van der Waals surface area (Å²) in [6.07, 6.45) is 6.81. The SMILES string of the molecule is CNC(CCO)CN(C)CC1CC2CCC1C2. The van der Waals surface area contributed by atoms with Gasteiger partial charge in [0, 0.05) is 25.7 Å². The third-order valence-corrected chi connectivity index (χ3v) is 4.85. The van der Waals surface area contributed by atoms with Crippen LogP contribution in [0.2, 0.25) is 0 Å². The van der Waals surface area contributed by atoms with Gasteiger partial charge in [0.25, 0.3) is 0 Å². The van der Waals surface area contributed by atoms with E-state index < -0.39 is 0 Å². The first kappa shape index (κ1) is 13.3. The fraction of sp³-hybridized carbons (Fsp3) is 1.00. The standard InChI is InChI=1S/C14H28N2O/c1-15-14(5-6-17)10-16(2)9-13-8-11-3-4-12(13)7-11/h11-15,17H,3-10H2,1-2H3. The quantitative estimate of drug-likeness (QED) is 0.704. The molecule has 3 nitrogen and oxygen atoms in total. The molecule has 4 atom stereocenters. The number of aliphatic hydroxyl groups is 1. The second-order valence-electron chi connectivity index (χ2n) is 6.15. The first-order valence-corrected chi connectivity index (χ1v) is 7.19. The first-order chi connectivity index (χ1) is 8.22. The van der Waals surface area contributed by atoms with Gasteiger partial charge in [-0.05, 0) is 57.5 Å². The number of likely N-dealkylation sites (N-methyl/N-ethyl adjacent to an activating group) is 2. The zero-order valence-corrected chi connectivity index (χ0v) is 11.4. The van der Waals surface area contributed by atoms with Crippen molar-refractivity contribution < 1.29 is 5.11 Å². The Morgan fingerprint density at radius 1 is 1.35 bits per heavy atom. The lowest BCUT2D eigenvalue weighted by Crippen LogP contribution is -2.40. The van der Waals surface area contributed by atoms with Crippen LogP contribution < -0.4 is 5.32 Å². The molecule has 17 heavy (non-hydrogen) atoms. The van der Waals surface area contributed by atoms with Crippen LogP contribution in [-0.2, 0) is 0 Å². The van der Waals surface area contributed by atoms with Gasteiger partial charge >= 0.3 is 0 Å². The summed E-state index contributed by atoms with van der Waals surface area (Å²) in [5.74, 6) is 3.02. The highest BCUT2D eigenvalue weighted by Gasteiger charge is 2.39. The molecule has 0 aromatic carbocycles. The van der Waals surface area contributed by atoms with E-state index in [0.29, 0.717) is 6.04 Å². The number of hydrogen-bond donors (Lipinski definition) is 2. The molecule has 100 valence electrons. The van der Waals surface area contributed by atoms with Gasteiger partial charge in [0.1, 0.15) is 0 Å². The van der Waals surface area contributed by atoms with Crippen LogP contribution in [0.25, 0.3) is 0 Å². The molecule has 0 aromatic rings. The molecule has 2 fully saturated rings. The van der Waals surface area contributed by atoms with Gasteiger partial charge in [-0.2, -0.15) is 0 Å². The largest absolute Gasteiger partial charge is 0.396 e. The second kappa shape index (κ2) is 6.17. The van der Waals surface area contributed by atoms with Crippen molar-refractivity contribution in [3.63, 3.8) is 0 Å². The van der Waals surface area contributed by atoms with E-state index in [2.05, 4.69) is 17.3 Å². The Morgan fingerprint density at radius 3 is 2.71 bits per heavy atom. The van der Waals surface area contributed by atoms with E-state index in [4.69, 9.17) is 5.11 Å². The van der Waals surface area contributed by atoms with Crippen LogP contribution in [0.3, 0.4) is 0 Å². The van der Waals surface area contributed by atoms with Gasteiger partial charge in [0.2, 0.25) is 0 Å². The third-order valence-electron chi connectivity index (χ3n) is 4.85. The zero-order valence-electron chi connectivity index (χ0n) is 11.4. The Kier molecular flexibility index (Phi) is 4.83. The lowest BCUT2D eigenvalue weighted by atomic mass is 9.88. The van der Waals surface area contributed by atoms with Crippen molar-refractivity contribution in [3.05, 3.63) is 0 Å². The molecular formula is C14H28N2O. The monoisotopic (exact) mass is 240 g/mol. The van der Waals surface area contributed by atoms with E-state index in [9.17, 15) is 0 Å². The molecule has 0 aromatic heterocycles. The highest BCUT2D eigenvalue weighted by atomic mass is 16.3. The van der Waals surface area contributed by atoms with E-state index in [1.165, 1.54) is 32.2 Å². The number of aliphatic hydroxyl groups excluding tert-OH is 1. The minimum Gasteiger partial charge on any atom is -0.396 e. The van der Waals surface area contributed by atoms with E-state index in [1.54, 1.807) is 0 Å². The summed E-state index contributed by atoms with van der Waals surface area (Å²) in [6, 6.07) is 0.434. The van der Waals surface area contributed by atoms with Crippen molar-refractivity contribution in [2.24, 2.45) is 17.8 Å². The molecule has 0 saturated heterocycles. The molecule has 2 N–H and O–H groups in total. The van der Waals surface area contributed by atoms with Crippen LogP contribution in [0, 0.1) is 17.8 Å². The van der Waals surface area contributed by atoms with Gasteiger partial charge in [-0.3, -0.25) is 0 Å². The number of hydrogen-bond acceptors (Lipinski definition) is 3. The maximum atomic E-state index is 8.99. The summed E-state index contributed by atoms with van der Waals surface area (Å²) in [5.41, 5.74) is 0. The normalized spacial score (nSPS) is 33.5. The van der Waals surface area contributed by atoms with Gasteiger partial charge < -0.3 is 15.3 Å². The zero-order chi connectivity index (χ0) is 12.3. The molecule has 0 aliphatic heterocycles. The summed E-state index contributed by atoms with van der Waals surface area (Å²) < 4.78 is 0. The van der Waals surface area contributed by atoms with Gasteiger partial charge in [-0.25, -0.2) is 0 Å². The summed E-state index contributed by atoms with van der Waals surface area (Å²) in [7, 11) is 4.22. The predicted molar refractivity (Wildman–Crippen MR) is 71.0 cm³/mol. The molecule has 2 saturated carbocycles. The Hall–Kier alpha value is -0.120. The molecule has 2 aliphatic carbocycles. The smallest absolute Gasteiger partial charge is 0.0446 e. The van der Waals surface area contributed by atoms with E-state index in [-0.39, 0.29) is 6.61 Å². The van der Waals surface area contributed by atoms with Crippen LogP contribution in [0.5, 0.6) is 0 Å². The fourth-order valence-electron chi connectivity index (χ4n) is 3.93.